The van der Waals surface area contributed by atoms with Crippen LogP contribution in [-0.4, -0.2) is 30.7 Å². The lowest BCUT2D eigenvalue weighted by Crippen LogP contribution is -2.34. The van der Waals surface area contributed by atoms with E-state index in [1.165, 1.54) is 11.3 Å². The summed E-state index contributed by atoms with van der Waals surface area (Å²) in [4.78, 5) is 24.1. The van der Waals surface area contributed by atoms with E-state index < -0.39 is 11.7 Å². The number of halogens is 1. The average molecular weight is 347 g/mol. The number of amides is 2. The van der Waals surface area contributed by atoms with Crippen molar-refractivity contribution in [3.8, 4) is 0 Å². The zero-order valence-electron chi connectivity index (χ0n) is 13.2. The zero-order valence-corrected chi connectivity index (χ0v) is 14.8. The summed E-state index contributed by atoms with van der Waals surface area (Å²) in [5.41, 5.74) is -0.497. The molecule has 2 N–H and O–H groups in total. The molecule has 1 aromatic heterocycles. The molecule has 1 aromatic rings. The average Bonchev–Trinajstić information content (AvgIpc) is 2.79. The summed E-state index contributed by atoms with van der Waals surface area (Å²) in [6.45, 7) is 6.43. The fourth-order valence-corrected chi connectivity index (χ4v) is 2.72. The highest BCUT2D eigenvalue weighted by molar-refractivity contribution is 7.16. The summed E-state index contributed by atoms with van der Waals surface area (Å²) < 4.78 is 5.85. The quantitative estimate of drug-likeness (QED) is 0.744. The van der Waals surface area contributed by atoms with Crippen LogP contribution < -0.4 is 10.6 Å². The summed E-state index contributed by atoms with van der Waals surface area (Å²) in [6.07, 6.45) is 1.36. The Morgan fingerprint density at radius 3 is 2.50 bits per heavy atom. The van der Waals surface area contributed by atoms with Crippen molar-refractivity contribution >= 4 is 34.9 Å². The van der Waals surface area contributed by atoms with Gasteiger partial charge in [-0.3, -0.25) is 4.79 Å². The molecule has 0 aliphatic heterocycles. The molecule has 0 aromatic carbocycles. The van der Waals surface area contributed by atoms with E-state index in [1.54, 1.807) is 0 Å². The summed E-state index contributed by atoms with van der Waals surface area (Å²) in [7, 11) is 0. The van der Waals surface area contributed by atoms with Gasteiger partial charge in [-0.05, 0) is 45.7 Å². The second-order valence-corrected chi connectivity index (χ2v) is 7.64. The third kappa shape index (κ3) is 8.89. The number of thiophene rings is 1. The molecule has 1 heterocycles. The maximum absolute atomic E-state index is 11.7. The second kappa shape index (κ2) is 9.00. The van der Waals surface area contributed by atoms with Crippen molar-refractivity contribution < 1.29 is 14.3 Å². The Balaban J connectivity index is 2.04. The van der Waals surface area contributed by atoms with Gasteiger partial charge in [-0.1, -0.05) is 11.6 Å². The first kappa shape index (κ1) is 18.8. The molecule has 124 valence electrons. The minimum Gasteiger partial charge on any atom is -0.444 e. The van der Waals surface area contributed by atoms with Crippen molar-refractivity contribution in [3.05, 3.63) is 21.3 Å². The van der Waals surface area contributed by atoms with Gasteiger partial charge in [0.2, 0.25) is 5.91 Å². The van der Waals surface area contributed by atoms with E-state index in [1.807, 2.05) is 32.9 Å². The Morgan fingerprint density at radius 2 is 1.91 bits per heavy atom. The fraction of sp³-hybridized carbons (Fsp3) is 0.600. The standard InChI is InChI=1S/C15H23ClN2O3S/c1-15(2,3)21-14(20)18-10-4-9-17-13(19)8-6-11-5-7-12(16)22-11/h5,7H,4,6,8-10H2,1-3H3,(H,17,19)(H,18,20). The molecule has 0 aliphatic carbocycles. The molecule has 7 heteroatoms. The van der Waals surface area contributed by atoms with Crippen molar-refractivity contribution in [1.82, 2.24) is 10.6 Å². The number of carbonyl (C=O) groups is 2. The summed E-state index contributed by atoms with van der Waals surface area (Å²) in [6, 6.07) is 3.77. The highest BCUT2D eigenvalue weighted by atomic mass is 35.5. The first-order valence-corrected chi connectivity index (χ1v) is 8.43. The monoisotopic (exact) mass is 346 g/mol. The van der Waals surface area contributed by atoms with E-state index in [0.717, 1.165) is 9.21 Å². The van der Waals surface area contributed by atoms with Gasteiger partial charge in [0.15, 0.2) is 0 Å². The Kier molecular flexibility index (Phi) is 7.68. The summed E-state index contributed by atoms with van der Waals surface area (Å²) >= 11 is 7.33. The van der Waals surface area contributed by atoms with Crippen LogP contribution in [0.1, 0.15) is 38.5 Å². The molecule has 2 amide bonds. The van der Waals surface area contributed by atoms with Crippen LogP contribution in [0.15, 0.2) is 12.1 Å². The number of hydrogen-bond donors (Lipinski definition) is 2. The van der Waals surface area contributed by atoms with Crippen molar-refractivity contribution in [2.24, 2.45) is 0 Å². The molecule has 0 atom stereocenters. The van der Waals surface area contributed by atoms with Crippen LogP contribution >= 0.6 is 22.9 Å². The molecule has 1 rings (SSSR count). The molecule has 0 saturated heterocycles. The minimum absolute atomic E-state index is 0.00166. The molecule has 0 aliphatic rings. The molecule has 0 fully saturated rings. The Hall–Kier alpha value is -1.27. The molecule has 22 heavy (non-hydrogen) atoms. The lowest BCUT2D eigenvalue weighted by atomic mass is 10.2. The number of nitrogens with one attached hydrogen (secondary N) is 2. The predicted molar refractivity (Wildman–Crippen MR) is 89.5 cm³/mol. The number of ether oxygens (including phenoxy) is 1. The van der Waals surface area contributed by atoms with Gasteiger partial charge in [0.25, 0.3) is 0 Å². The van der Waals surface area contributed by atoms with E-state index in [9.17, 15) is 9.59 Å². The number of hydrogen-bond acceptors (Lipinski definition) is 4. The normalized spacial score (nSPS) is 11.1. The molecule has 0 saturated carbocycles. The van der Waals surface area contributed by atoms with Crippen LogP contribution in [0, 0.1) is 0 Å². The van der Waals surface area contributed by atoms with Crippen LogP contribution in [-0.2, 0) is 16.0 Å². The van der Waals surface area contributed by atoms with Crippen LogP contribution in [0.5, 0.6) is 0 Å². The van der Waals surface area contributed by atoms with Crippen LogP contribution in [0.4, 0.5) is 4.79 Å². The highest BCUT2D eigenvalue weighted by Crippen LogP contribution is 2.22. The first-order chi connectivity index (χ1) is 10.3. The highest BCUT2D eigenvalue weighted by Gasteiger charge is 2.15. The first-order valence-electron chi connectivity index (χ1n) is 7.24. The zero-order chi connectivity index (χ0) is 16.6. The number of aryl methyl sites for hydroxylation is 1. The number of alkyl carbamates (subject to hydrolysis) is 1. The van der Waals surface area contributed by atoms with Gasteiger partial charge in [0, 0.05) is 24.4 Å². The van der Waals surface area contributed by atoms with Crippen LogP contribution in [0.25, 0.3) is 0 Å². The summed E-state index contributed by atoms with van der Waals surface area (Å²) in [5, 5.41) is 5.47. The van der Waals surface area contributed by atoms with E-state index in [0.29, 0.717) is 32.4 Å². The van der Waals surface area contributed by atoms with Gasteiger partial charge >= 0.3 is 6.09 Å². The molecule has 0 spiro atoms. The van der Waals surface area contributed by atoms with E-state index >= 15 is 0 Å². The van der Waals surface area contributed by atoms with Crippen molar-refractivity contribution in [2.45, 2.75) is 45.6 Å². The summed E-state index contributed by atoms with van der Waals surface area (Å²) in [5.74, 6) is 0.00166. The Morgan fingerprint density at radius 1 is 1.23 bits per heavy atom. The third-order valence-electron chi connectivity index (χ3n) is 2.57. The molecule has 0 unspecified atom stereocenters. The number of carbonyl (C=O) groups excluding carboxylic acids is 2. The number of rotatable bonds is 7. The van der Waals surface area contributed by atoms with Gasteiger partial charge in [-0.25, -0.2) is 4.79 Å². The Bertz CT molecular complexity index is 497. The van der Waals surface area contributed by atoms with Gasteiger partial charge in [-0.15, -0.1) is 11.3 Å². The largest absolute Gasteiger partial charge is 0.444 e. The molecule has 0 radical (unpaired) electrons. The molecular weight excluding hydrogens is 324 g/mol. The van der Waals surface area contributed by atoms with E-state index in [4.69, 9.17) is 16.3 Å². The lowest BCUT2D eigenvalue weighted by Gasteiger charge is -2.19. The smallest absolute Gasteiger partial charge is 0.407 e. The maximum atomic E-state index is 11.7. The van der Waals surface area contributed by atoms with E-state index in [2.05, 4.69) is 10.6 Å². The molecule has 5 nitrogen and oxygen atoms in total. The lowest BCUT2D eigenvalue weighted by molar-refractivity contribution is -0.121. The van der Waals surface area contributed by atoms with Crippen molar-refractivity contribution in [1.29, 1.82) is 0 Å². The van der Waals surface area contributed by atoms with Crippen LogP contribution in [0.2, 0.25) is 4.34 Å². The van der Waals surface area contributed by atoms with Crippen molar-refractivity contribution in [2.75, 3.05) is 13.1 Å². The van der Waals surface area contributed by atoms with Gasteiger partial charge < -0.3 is 15.4 Å². The second-order valence-electron chi connectivity index (χ2n) is 5.84. The topological polar surface area (TPSA) is 67.4 Å². The van der Waals surface area contributed by atoms with Gasteiger partial charge in [-0.2, -0.15) is 0 Å². The van der Waals surface area contributed by atoms with Crippen LogP contribution in [0.3, 0.4) is 0 Å². The van der Waals surface area contributed by atoms with E-state index in [-0.39, 0.29) is 5.91 Å². The maximum Gasteiger partial charge on any atom is 0.407 e. The fourth-order valence-electron chi connectivity index (χ4n) is 1.63. The predicted octanol–water partition coefficient (Wildman–Crippen LogP) is 3.37. The van der Waals surface area contributed by atoms with Gasteiger partial charge in [0.1, 0.15) is 5.60 Å². The van der Waals surface area contributed by atoms with Crippen molar-refractivity contribution in [3.63, 3.8) is 0 Å². The van der Waals surface area contributed by atoms with Gasteiger partial charge in [0.05, 0.1) is 4.34 Å². The Labute approximate surface area is 140 Å². The molecule has 0 bridgehead atoms. The molecular formula is C15H23ClN2O3S. The SMILES string of the molecule is CC(C)(C)OC(=O)NCCCNC(=O)CCc1ccc(Cl)s1. The third-order valence-corrected chi connectivity index (χ3v) is 3.86. The minimum atomic E-state index is -0.497.